The average Bonchev–Trinajstić information content (AvgIpc) is 3.23. The van der Waals surface area contributed by atoms with Crippen molar-refractivity contribution >= 4 is 23.1 Å². The number of rotatable bonds is 4. The van der Waals surface area contributed by atoms with Crippen molar-refractivity contribution in [1.29, 1.82) is 0 Å². The quantitative estimate of drug-likeness (QED) is 0.712. The molecule has 8 heteroatoms. The molecule has 2 N–H and O–H groups in total. The number of thiazole rings is 1. The summed E-state index contributed by atoms with van der Waals surface area (Å²) in [7, 11) is 0. The molecule has 27 heavy (non-hydrogen) atoms. The molecule has 0 bridgehead atoms. The zero-order chi connectivity index (χ0) is 18.8. The first kappa shape index (κ1) is 17.7. The predicted octanol–water partition coefficient (Wildman–Crippen LogP) is 4.03. The second-order valence-corrected chi connectivity index (χ2v) is 7.89. The van der Waals surface area contributed by atoms with Gasteiger partial charge in [-0.05, 0) is 32.3 Å². The predicted molar refractivity (Wildman–Crippen MR) is 102 cm³/mol. The van der Waals surface area contributed by atoms with Crippen LogP contribution in [0, 0.1) is 12.7 Å². The summed E-state index contributed by atoms with van der Waals surface area (Å²) in [6.07, 6.45) is 6.20. The number of urea groups is 1. The highest BCUT2D eigenvalue weighted by Gasteiger charge is 2.25. The molecule has 0 aliphatic heterocycles. The number of nitrogens with one attached hydrogen (secondary N) is 2. The van der Waals surface area contributed by atoms with Gasteiger partial charge >= 0.3 is 6.03 Å². The third-order valence-electron chi connectivity index (χ3n) is 4.55. The highest BCUT2D eigenvalue weighted by atomic mass is 32.1. The van der Waals surface area contributed by atoms with E-state index in [4.69, 9.17) is 0 Å². The van der Waals surface area contributed by atoms with E-state index in [0.717, 1.165) is 30.0 Å². The van der Waals surface area contributed by atoms with E-state index in [1.54, 1.807) is 46.6 Å². The molecule has 140 valence electrons. The average molecular weight is 385 g/mol. The lowest BCUT2D eigenvalue weighted by Gasteiger charge is -2.22. The zero-order valence-electron chi connectivity index (χ0n) is 14.9. The normalized spacial score (nSPS) is 16.0. The summed E-state index contributed by atoms with van der Waals surface area (Å²) in [6.45, 7) is 2.30. The maximum absolute atomic E-state index is 13.7. The monoisotopic (exact) mass is 385 g/mol. The summed E-state index contributed by atoms with van der Waals surface area (Å²) < 4.78 is 15.3. The van der Waals surface area contributed by atoms with Gasteiger partial charge in [0, 0.05) is 16.6 Å². The molecule has 1 aromatic carbocycles. The molecule has 0 spiro atoms. The van der Waals surface area contributed by atoms with Crippen LogP contribution in [0.4, 0.5) is 14.9 Å². The van der Waals surface area contributed by atoms with Crippen LogP contribution in [0.1, 0.15) is 40.0 Å². The minimum atomic E-state index is -0.288. The molecule has 1 aliphatic carbocycles. The van der Waals surface area contributed by atoms with Crippen molar-refractivity contribution in [2.45, 2.75) is 38.8 Å². The van der Waals surface area contributed by atoms with Gasteiger partial charge in [0.2, 0.25) is 0 Å². The van der Waals surface area contributed by atoms with Gasteiger partial charge in [-0.1, -0.05) is 18.2 Å². The molecular weight excluding hydrogens is 365 g/mol. The Morgan fingerprint density at radius 1 is 1.41 bits per heavy atom. The van der Waals surface area contributed by atoms with E-state index in [-0.39, 0.29) is 17.9 Å². The largest absolute Gasteiger partial charge is 0.329 e. The van der Waals surface area contributed by atoms with Crippen molar-refractivity contribution in [2.24, 2.45) is 0 Å². The molecule has 0 radical (unpaired) electrons. The van der Waals surface area contributed by atoms with Gasteiger partial charge in [0.1, 0.15) is 5.82 Å². The molecule has 1 unspecified atom stereocenters. The fraction of sp³-hybridized carbons (Fsp3) is 0.316. The number of amides is 2. The maximum Gasteiger partial charge on any atom is 0.319 e. The number of anilines is 1. The number of carbonyl (C=O) groups excluding carboxylic acids is 1. The van der Waals surface area contributed by atoms with Crippen molar-refractivity contribution < 1.29 is 9.18 Å². The second kappa shape index (κ2) is 7.48. The van der Waals surface area contributed by atoms with Crippen LogP contribution in [0.3, 0.4) is 0 Å². The van der Waals surface area contributed by atoms with Crippen LogP contribution in [0.25, 0.3) is 0 Å². The lowest BCUT2D eigenvalue weighted by Crippen LogP contribution is -2.34. The molecule has 2 aromatic heterocycles. The van der Waals surface area contributed by atoms with Gasteiger partial charge < -0.3 is 10.6 Å². The van der Waals surface area contributed by atoms with E-state index < -0.39 is 0 Å². The minimum absolute atomic E-state index is 0.0628. The van der Waals surface area contributed by atoms with Crippen molar-refractivity contribution in [3.8, 4) is 0 Å². The summed E-state index contributed by atoms with van der Waals surface area (Å²) in [5.41, 5.74) is 2.11. The Morgan fingerprint density at radius 2 is 2.26 bits per heavy atom. The van der Waals surface area contributed by atoms with Gasteiger partial charge in [-0.25, -0.2) is 14.2 Å². The number of hydrogen-bond donors (Lipinski definition) is 2. The Kier molecular flexibility index (Phi) is 4.89. The minimum Gasteiger partial charge on any atom is -0.329 e. The highest BCUT2D eigenvalue weighted by molar-refractivity contribution is 7.11. The smallest absolute Gasteiger partial charge is 0.319 e. The molecule has 0 fully saturated rings. The lowest BCUT2D eigenvalue weighted by molar-refractivity contribution is 0.247. The van der Waals surface area contributed by atoms with Gasteiger partial charge in [0.25, 0.3) is 0 Å². The fourth-order valence-electron chi connectivity index (χ4n) is 3.32. The highest BCUT2D eigenvalue weighted by Crippen LogP contribution is 2.33. The lowest BCUT2D eigenvalue weighted by atomic mass is 9.98. The summed E-state index contributed by atoms with van der Waals surface area (Å²) >= 11 is 1.70. The van der Waals surface area contributed by atoms with Crippen LogP contribution in [0.2, 0.25) is 0 Å². The molecule has 1 atom stereocenters. The molecule has 0 saturated heterocycles. The summed E-state index contributed by atoms with van der Waals surface area (Å²) in [5, 5.41) is 11.0. The van der Waals surface area contributed by atoms with Gasteiger partial charge in [-0.2, -0.15) is 5.10 Å². The van der Waals surface area contributed by atoms with Crippen LogP contribution in [-0.4, -0.2) is 20.8 Å². The third-order valence-corrected chi connectivity index (χ3v) is 5.59. The van der Waals surface area contributed by atoms with Crippen molar-refractivity contribution in [1.82, 2.24) is 20.1 Å². The first-order valence-corrected chi connectivity index (χ1v) is 9.70. The van der Waals surface area contributed by atoms with Crippen molar-refractivity contribution in [3.05, 3.63) is 63.6 Å². The van der Waals surface area contributed by atoms with Gasteiger partial charge in [0.05, 0.1) is 35.2 Å². The number of fused-ring (bicyclic) bond motifs is 1. The third kappa shape index (κ3) is 4.00. The number of aryl methyl sites for hydroxylation is 2. The van der Waals surface area contributed by atoms with E-state index in [0.29, 0.717) is 17.8 Å². The topological polar surface area (TPSA) is 71.8 Å². The molecular formula is C19H20FN5OS. The molecule has 6 nitrogen and oxygen atoms in total. The molecule has 1 aliphatic rings. The Hall–Kier alpha value is -2.74. The summed E-state index contributed by atoms with van der Waals surface area (Å²) in [6, 6.07) is 6.22. The number of nitrogens with zero attached hydrogens (tertiary/aromatic N) is 3. The van der Waals surface area contributed by atoms with Crippen LogP contribution >= 0.6 is 11.3 Å². The van der Waals surface area contributed by atoms with E-state index in [1.165, 1.54) is 10.9 Å². The summed E-state index contributed by atoms with van der Waals surface area (Å²) in [4.78, 5) is 18.2. The molecule has 2 amide bonds. The van der Waals surface area contributed by atoms with Crippen LogP contribution in [0.5, 0.6) is 0 Å². The van der Waals surface area contributed by atoms with Gasteiger partial charge in [-0.3, -0.25) is 4.68 Å². The fourth-order valence-corrected chi connectivity index (χ4v) is 4.36. The first-order chi connectivity index (χ1) is 13.1. The van der Waals surface area contributed by atoms with E-state index in [9.17, 15) is 9.18 Å². The van der Waals surface area contributed by atoms with Crippen LogP contribution in [-0.2, 0) is 13.0 Å². The SMILES string of the molecule is Cc1nc2c(s1)CCCC2NC(=O)Nc1cnn(Cc2ccccc2F)c1. The van der Waals surface area contributed by atoms with E-state index in [1.807, 2.05) is 6.92 Å². The number of benzene rings is 1. The Balaban J connectivity index is 1.38. The molecule has 2 heterocycles. The van der Waals surface area contributed by atoms with E-state index in [2.05, 4.69) is 20.7 Å². The molecule has 0 saturated carbocycles. The Morgan fingerprint density at radius 3 is 3.11 bits per heavy atom. The number of halogens is 1. The van der Waals surface area contributed by atoms with Crippen molar-refractivity contribution in [2.75, 3.05) is 5.32 Å². The van der Waals surface area contributed by atoms with Crippen molar-refractivity contribution in [3.63, 3.8) is 0 Å². The number of aromatic nitrogens is 3. The van der Waals surface area contributed by atoms with Crippen LogP contribution < -0.4 is 10.6 Å². The Bertz CT molecular complexity index is 967. The van der Waals surface area contributed by atoms with E-state index >= 15 is 0 Å². The number of hydrogen-bond acceptors (Lipinski definition) is 4. The molecule has 3 aromatic rings. The van der Waals surface area contributed by atoms with Crippen LogP contribution in [0.15, 0.2) is 36.7 Å². The zero-order valence-corrected chi connectivity index (χ0v) is 15.7. The van der Waals surface area contributed by atoms with Gasteiger partial charge in [0.15, 0.2) is 0 Å². The molecule has 4 rings (SSSR count). The summed E-state index contributed by atoms with van der Waals surface area (Å²) in [5.74, 6) is -0.271. The van der Waals surface area contributed by atoms with Gasteiger partial charge in [-0.15, -0.1) is 11.3 Å². The second-order valence-electron chi connectivity index (χ2n) is 6.60. The Labute approximate surface area is 160 Å². The standard InChI is InChI=1S/C19H20FN5OS/c1-12-22-18-16(7-4-8-17(18)27-12)24-19(26)23-14-9-21-25(11-14)10-13-5-2-3-6-15(13)20/h2-3,5-6,9,11,16H,4,7-8,10H2,1H3,(H2,23,24,26). The number of carbonyl (C=O) groups is 1. The first-order valence-electron chi connectivity index (χ1n) is 8.88. The maximum atomic E-state index is 13.7.